The third-order valence-corrected chi connectivity index (χ3v) is 5.77. The first-order valence-electron chi connectivity index (χ1n) is 7.36. The average molecular weight is 334 g/mol. The van der Waals surface area contributed by atoms with Crippen LogP contribution in [0.4, 0.5) is 0 Å². The molecule has 122 valence electrons. The van der Waals surface area contributed by atoms with E-state index in [0.717, 1.165) is 5.56 Å². The number of hydrogen-bond acceptors (Lipinski definition) is 5. The van der Waals surface area contributed by atoms with Crippen molar-refractivity contribution in [3.05, 3.63) is 47.8 Å². The van der Waals surface area contributed by atoms with Crippen LogP contribution in [0.25, 0.3) is 0 Å². The van der Waals surface area contributed by atoms with Gasteiger partial charge < -0.3 is 4.90 Å². The molecule has 7 nitrogen and oxygen atoms in total. The number of sulfone groups is 1. The highest BCUT2D eigenvalue weighted by atomic mass is 32.2. The fourth-order valence-electron chi connectivity index (χ4n) is 2.67. The Morgan fingerprint density at radius 3 is 2.74 bits per heavy atom. The third-order valence-electron chi connectivity index (χ3n) is 4.02. The zero-order valence-corrected chi connectivity index (χ0v) is 13.6. The highest BCUT2D eigenvalue weighted by Crippen LogP contribution is 2.18. The summed E-state index contributed by atoms with van der Waals surface area (Å²) in [5.74, 6) is -0.143. The first-order chi connectivity index (χ1) is 10.9. The highest BCUT2D eigenvalue weighted by Gasteiger charge is 2.33. The highest BCUT2D eigenvalue weighted by molar-refractivity contribution is 7.91. The Morgan fingerprint density at radius 2 is 2.09 bits per heavy atom. The molecule has 1 amide bonds. The van der Waals surface area contributed by atoms with Crippen molar-refractivity contribution >= 4 is 15.7 Å². The van der Waals surface area contributed by atoms with Gasteiger partial charge in [0.1, 0.15) is 0 Å². The molecule has 0 saturated carbocycles. The number of hydrogen-bond donors (Lipinski definition) is 0. The largest absolute Gasteiger partial charge is 0.336 e. The molecule has 1 aliphatic heterocycles. The van der Waals surface area contributed by atoms with Crippen molar-refractivity contribution in [2.45, 2.75) is 19.0 Å². The summed E-state index contributed by atoms with van der Waals surface area (Å²) in [5, 5.41) is 7.88. The molecule has 1 aliphatic rings. The molecule has 0 spiro atoms. The second-order valence-electron chi connectivity index (χ2n) is 5.76. The maximum absolute atomic E-state index is 12.4. The number of benzene rings is 1. The lowest BCUT2D eigenvalue weighted by Gasteiger charge is -2.21. The molecule has 0 radical (unpaired) electrons. The first-order valence-corrected chi connectivity index (χ1v) is 9.18. The van der Waals surface area contributed by atoms with Crippen LogP contribution in [0.3, 0.4) is 0 Å². The molecule has 0 aliphatic carbocycles. The number of rotatable bonds is 4. The minimum Gasteiger partial charge on any atom is -0.336 e. The van der Waals surface area contributed by atoms with Crippen molar-refractivity contribution in [1.29, 1.82) is 0 Å². The van der Waals surface area contributed by atoms with E-state index in [1.807, 2.05) is 30.3 Å². The molecule has 0 unspecified atom stereocenters. The van der Waals surface area contributed by atoms with Crippen LogP contribution < -0.4 is 0 Å². The van der Waals surface area contributed by atoms with E-state index in [2.05, 4.69) is 10.3 Å². The summed E-state index contributed by atoms with van der Waals surface area (Å²) < 4.78 is 24.7. The van der Waals surface area contributed by atoms with E-state index >= 15 is 0 Å². The number of aromatic nitrogens is 3. The van der Waals surface area contributed by atoms with Crippen molar-refractivity contribution in [2.75, 3.05) is 18.6 Å². The Hall–Kier alpha value is -2.22. The van der Waals surface area contributed by atoms with Crippen molar-refractivity contribution < 1.29 is 13.2 Å². The molecule has 1 aromatic heterocycles. The van der Waals surface area contributed by atoms with E-state index in [-0.39, 0.29) is 29.1 Å². The Labute approximate surface area is 134 Å². The van der Waals surface area contributed by atoms with E-state index < -0.39 is 9.84 Å². The van der Waals surface area contributed by atoms with Gasteiger partial charge in [-0.15, -0.1) is 5.10 Å². The monoisotopic (exact) mass is 334 g/mol. The van der Waals surface area contributed by atoms with Gasteiger partial charge in [0.2, 0.25) is 0 Å². The van der Waals surface area contributed by atoms with Gasteiger partial charge in [-0.3, -0.25) is 4.79 Å². The minimum absolute atomic E-state index is 0.0212. The Bertz CT molecular complexity index is 801. The molecule has 2 aromatic rings. The molecule has 1 fully saturated rings. The summed E-state index contributed by atoms with van der Waals surface area (Å²) in [7, 11) is -1.41. The third kappa shape index (κ3) is 3.58. The molecule has 0 N–H and O–H groups in total. The normalized spacial score (nSPS) is 19.6. The van der Waals surface area contributed by atoms with Crippen LogP contribution in [0.5, 0.6) is 0 Å². The van der Waals surface area contributed by atoms with Gasteiger partial charge in [-0.25, -0.2) is 13.1 Å². The van der Waals surface area contributed by atoms with Crippen molar-refractivity contribution in [1.82, 2.24) is 19.9 Å². The smallest absolute Gasteiger partial charge is 0.276 e. The topological polar surface area (TPSA) is 85.2 Å². The van der Waals surface area contributed by atoms with Gasteiger partial charge in [0.05, 0.1) is 24.2 Å². The number of carbonyl (C=O) groups excluding carboxylic acids is 1. The second kappa shape index (κ2) is 6.11. The lowest BCUT2D eigenvalue weighted by Crippen LogP contribution is -2.38. The molecular formula is C15H18N4O3S. The summed E-state index contributed by atoms with van der Waals surface area (Å²) >= 11 is 0. The fraction of sp³-hybridized carbons (Fsp3) is 0.400. The van der Waals surface area contributed by atoms with Crippen molar-refractivity contribution in [3.8, 4) is 0 Å². The zero-order valence-electron chi connectivity index (χ0n) is 12.8. The molecule has 2 heterocycles. The van der Waals surface area contributed by atoms with Crippen LogP contribution in [0, 0.1) is 0 Å². The van der Waals surface area contributed by atoms with E-state index in [0.29, 0.717) is 13.0 Å². The van der Waals surface area contributed by atoms with Crippen LogP contribution >= 0.6 is 0 Å². The molecule has 3 rings (SSSR count). The van der Waals surface area contributed by atoms with Gasteiger partial charge in [0.15, 0.2) is 15.5 Å². The molecular weight excluding hydrogens is 316 g/mol. The summed E-state index contributed by atoms with van der Waals surface area (Å²) in [6, 6.07) is 9.47. The lowest BCUT2D eigenvalue weighted by molar-refractivity contribution is 0.0741. The molecule has 1 atom stereocenters. The Kier molecular flexibility index (Phi) is 4.16. The minimum atomic E-state index is -3.03. The summed E-state index contributed by atoms with van der Waals surface area (Å²) in [6.45, 7) is 0.530. The summed E-state index contributed by atoms with van der Waals surface area (Å²) in [5.41, 5.74) is 1.29. The van der Waals surface area contributed by atoms with Gasteiger partial charge in [-0.05, 0) is 12.0 Å². The predicted octanol–water partition coefficient (Wildman–Crippen LogP) is 0.586. The van der Waals surface area contributed by atoms with Gasteiger partial charge >= 0.3 is 0 Å². The SMILES string of the molecule is CN(C(=O)c1cn(Cc2ccccc2)nn1)[C@H]1CCS(=O)(=O)C1. The first kappa shape index (κ1) is 15.7. The van der Waals surface area contributed by atoms with Crippen molar-refractivity contribution in [2.24, 2.45) is 0 Å². The number of nitrogens with zero attached hydrogens (tertiary/aromatic N) is 4. The molecule has 1 aromatic carbocycles. The van der Waals surface area contributed by atoms with E-state index in [4.69, 9.17) is 0 Å². The van der Waals surface area contributed by atoms with E-state index in [9.17, 15) is 13.2 Å². The van der Waals surface area contributed by atoms with E-state index in [1.165, 1.54) is 4.90 Å². The number of amides is 1. The van der Waals surface area contributed by atoms with Crippen LogP contribution in [0.15, 0.2) is 36.5 Å². The molecule has 8 heteroatoms. The van der Waals surface area contributed by atoms with Gasteiger partial charge in [0.25, 0.3) is 5.91 Å². The quantitative estimate of drug-likeness (QED) is 0.817. The van der Waals surface area contributed by atoms with Gasteiger partial charge in [-0.2, -0.15) is 0 Å². The van der Waals surface area contributed by atoms with E-state index in [1.54, 1.807) is 17.9 Å². The van der Waals surface area contributed by atoms with Gasteiger partial charge in [-0.1, -0.05) is 35.5 Å². The molecule has 1 saturated heterocycles. The zero-order chi connectivity index (χ0) is 16.4. The lowest BCUT2D eigenvalue weighted by atomic mass is 10.2. The van der Waals surface area contributed by atoms with Crippen LogP contribution in [-0.2, 0) is 16.4 Å². The Morgan fingerprint density at radius 1 is 1.35 bits per heavy atom. The van der Waals surface area contributed by atoms with Gasteiger partial charge in [0, 0.05) is 13.1 Å². The van der Waals surface area contributed by atoms with Crippen LogP contribution in [0.2, 0.25) is 0 Å². The maximum atomic E-state index is 12.4. The molecule has 23 heavy (non-hydrogen) atoms. The van der Waals surface area contributed by atoms with Crippen molar-refractivity contribution in [3.63, 3.8) is 0 Å². The van der Waals surface area contributed by atoms with Crippen LogP contribution in [-0.4, -0.2) is 58.8 Å². The number of carbonyl (C=O) groups is 1. The second-order valence-corrected chi connectivity index (χ2v) is 7.99. The summed E-state index contributed by atoms with van der Waals surface area (Å²) in [4.78, 5) is 13.9. The van der Waals surface area contributed by atoms with Crippen LogP contribution in [0.1, 0.15) is 22.5 Å². The standard InChI is InChI=1S/C15H18N4O3S/c1-18(13-7-8-23(21,22)11-13)15(20)14-10-19(17-16-14)9-12-5-3-2-4-6-12/h2-6,10,13H,7-9,11H2,1H3/t13-/m0/s1. The summed E-state index contributed by atoms with van der Waals surface area (Å²) in [6.07, 6.45) is 2.07. The predicted molar refractivity (Wildman–Crippen MR) is 84.7 cm³/mol. The average Bonchev–Trinajstić information content (AvgIpc) is 3.13. The molecule has 0 bridgehead atoms. The Balaban J connectivity index is 1.69. The fourth-order valence-corrected chi connectivity index (χ4v) is 4.45. The maximum Gasteiger partial charge on any atom is 0.276 e.